The summed E-state index contributed by atoms with van der Waals surface area (Å²) >= 11 is 1.74. The smallest absolute Gasteiger partial charge is 0.304 e. The number of carbonyl (C=O) groups excluding carboxylic acids is 1. The number of thioether (sulfide) groups is 1. The van der Waals surface area contributed by atoms with Crippen molar-refractivity contribution < 1.29 is 14.7 Å². The molecular formula is C25H37N3O3S. The van der Waals surface area contributed by atoms with Crippen molar-refractivity contribution in [1.29, 1.82) is 0 Å². The van der Waals surface area contributed by atoms with E-state index in [1.54, 1.807) is 11.8 Å². The van der Waals surface area contributed by atoms with Gasteiger partial charge in [0.2, 0.25) is 0 Å². The molecule has 1 saturated heterocycles. The normalized spacial score (nSPS) is 25.4. The summed E-state index contributed by atoms with van der Waals surface area (Å²) in [7, 11) is 0. The highest BCUT2D eigenvalue weighted by molar-refractivity contribution is 7.99. The standard InChI is InChI=1S/C25H37N3O3S/c29-22(30)16-25(14-7-15-26-17-25)21-13-12-20(23(31)27-18-8-3-1-4-9-18)24(28-21)32-19-10-5-2-6-11-19/h12-13,18-19,26H,1-11,14-17H2,(H,27,31)(H,29,30)/t25-/m1/s1. The second-order valence-corrected chi connectivity index (χ2v) is 11.2. The van der Waals surface area contributed by atoms with Gasteiger partial charge in [0, 0.05) is 28.9 Å². The summed E-state index contributed by atoms with van der Waals surface area (Å²) in [5.74, 6) is -0.820. The number of carbonyl (C=O) groups is 2. The van der Waals surface area contributed by atoms with Crippen LogP contribution in [0.2, 0.25) is 0 Å². The summed E-state index contributed by atoms with van der Waals surface area (Å²) in [6.07, 6.45) is 13.6. The molecule has 0 unspecified atom stereocenters. The van der Waals surface area contributed by atoms with E-state index in [1.165, 1.54) is 38.5 Å². The maximum Gasteiger partial charge on any atom is 0.304 e. The van der Waals surface area contributed by atoms with Crippen molar-refractivity contribution in [3.8, 4) is 0 Å². The first-order valence-electron chi connectivity index (χ1n) is 12.5. The molecule has 1 atom stereocenters. The molecule has 6 nitrogen and oxygen atoms in total. The summed E-state index contributed by atoms with van der Waals surface area (Å²) in [4.78, 5) is 30.0. The number of rotatable bonds is 7. The van der Waals surface area contributed by atoms with E-state index in [2.05, 4.69) is 10.6 Å². The molecule has 2 heterocycles. The van der Waals surface area contributed by atoms with Crippen LogP contribution in [0.1, 0.15) is 99.5 Å². The quantitative estimate of drug-likeness (QED) is 0.549. The van der Waals surface area contributed by atoms with Crippen molar-refractivity contribution in [2.75, 3.05) is 13.1 Å². The van der Waals surface area contributed by atoms with E-state index in [4.69, 9.17) is 4.98 Å². The van der Waals surface area contributed by atoms with Crippen molar-refractivity contribution in [3.63, 3.8) is 0 Å². The van der Waals surface area contributed by atoms with Crippen LogP contribution in [0.5, 0.6) is 0 Å². The van der Waals surface area contributed by atoms with Gasteiger partial charge in [-0.15, -0.1) is 11.8 Å². The number of aliphatic carboxylic acids is 1. The molecule has 0 aromatic carbocycles. The van der Waals surface area contributed by atoms with Crippen LogP contribution in [0.3, 0.4) is 0 Å². The van der Waals surface area contributed by atoms with E-state index < -0.39 is 11.4 Å². The SMILES string of the molecule is O=C(O)C[C@]1(c2ccc(C(=O)NC3CCCCC3)c(SC3CCCCC3)n2)CCCNC1. The number of hydrogen-bond donors (Lipinski definition) is 3. The molecule has 3 fully saturated rings. The summed E-state index contributed by atoms with van der Waals surface area (Å²) in [5.41, 5.74) is 0.966. The second-order valence-electron chi connectivity index (χ2n) is 9.87. The van der Waals surface area contributed by atoms with Crippen LogP contribution in [0.25, 0.3) is 0 Å². The number of amides is 1. The van der Waals surface area contributed by atoms with Gasteiger partial charge in [-0.2, -0.15) is 0 Å². The van der Waals surface area contributed by atoms with Crippen LogP contribution >= 0.6 is 11.8 Å². The fourth-order valence-electron chi connectivity index (χ4n) is 5.57. The zero-order chi connectivity index (χ0) is 22.4. The minimum atomic E-state index is -0.795. The molecule has 7 heteroatoms. The monoisotopic (exact) mass is 459 g/mol. The first-order valence-corrected chi connectivity index (χ1v) is 13.4. The third-order valence-electron chi connectivity index (χ3n) is 7.38. The molecule has 3 N–H and O–H groups in total. The van der Waals surface area contributed by atoms with Gasteiger partial charge in [-0.1, -0.05) is 38.5 Å². The van der Waals surface area contributed by atoms with Crippen LogP contribution in [0, 0.1) is 0 Å². The first kappa shape index (κ1) is 23.6. The molecule has 3 aliphatic rings. The van der Waals surface area contributed by atoms with E-state index in [1.807, 2.05) is 12.1 Å². The van der Waals surface area contributed by atoms with Gasteiger partial charge in [0.15, 0.2) is 0 Å². The number of pyridine rings is 1. The van der Waals surface area contributed by atoms with E-state index in [0.717, 1.165) is 55.8 Å². The number of carboxylic acid groups (broad SMARTS) is 1. The Labute approximate surface area is 195 Å². The molecule has 1 amide bonds. The Morgan fingerprint density at radius 3 is 2.44 bits per heavy atom. The number of nitrogens with zero attached hydrogens (tertiary/aromatic N) is 1. The predicted molar refractivity (Wildman–Crippen MR) is 127 cm³/mol. The van der Waals surface area contributed by atoms with Crippen LogP contribution in [-0.2, 0) is 10.2 Å². The van der Waals surface area contributed by atoms with Crippen LogP contribution in [0.4, 0.5) is 0 Å². The third-order valence-corrected chi connectivity index (χ3v) is 8.72. The first-order chi connectivity index (χ1) is 15.6. The number of carboxylic acids is 1. The van der Waals surface area contributed by atoms with Gasteiger partial charge >= 0.3 is 5.97 Å². The van der Waals surface area contributed by atoms with Gasteiger partial charge in [0.05, 0.1) is 12.0 Å². The molecule has 4 rings (SSSR count). The molecule has 176 valence electrons. The molecular weight excluding hydrogens is 422 g/mol. The van der Waals surface area contributed by atoms with E-state index >= 15 is 0 Å². The van der Waals surface area contributed by atoms with Crippen molar-refractivity contribution in [2.24, 2.45) is 0 Å². The van der Waals surface area contributed by atoms with Gasteiger partial charge in [0.1, 0.15) is 5.03 Å². The van der Waals surface area contributed by atoms with Gasteiger partial charge < -0.3 is 15.7 Å². The molecule has 1 aromatic heterocycles. The van der Waals surface area contributed by atoms with Crippen LogP contribution in [-0.4, -0.2) is 46.3 Å². The summed E-state index contributed by atoms with van der Waals surface area (Å²) < 4.78 is 0. The second kappa shape index (κ2) is 11.0. The average molecular weight is 460 g/mol. The fourth-order valence-corrected chi connectivity index (χ4v) is 6.89. The lowest BCUT2D eigenvalue weighted by Gasteiger charge is -2.36. The van der Waals surface area contributed by atoms with Crippen molar-refractivity contribution in [2.45, 2.75) is 105 Å². The van der Waals surface area contributed by atoms with Crippen molar-refractivity contribution >= 4 is 23.6 Å². The Bertz CT molecular complexity index is 798. The zero-order valence-corrected chi connectivity index (χ0v) is 19.9. The van der Waals surface area contributed by atoms with Crippen LogP contribution < -0.4 is 10.6 Å². The fraction of sp³-hybridized carbons (Fsp3) is 0.720. The lowest BCUT2D eigenvalue weighted by Crippen LogP contribution is -2.45. The molecule has 1 aromatic rings. The highest BCUT2D eigenvalue weighted by Gasteiger charge is 2.38. The number of nitrogens with one attached hydrogen (secondary N) is 2. The Kier molecular flexibility index (Phi) is 8.11. The number of piperidine rings is 1. The highest BCUT2D eigenvalue weighted by atomic mass is 32.2. The molecule has 2 saturated carbocycles. The minimum absolute atomic E-state index is 0.0247. The molecule has 0 spiro atoms. The molecule has 2 aliphatic carbocycles. The topological polar surface area (TPSA) is 91.3 Å². The molecule has 1 aliphatic heterocycles. The number of hydrogen-bond acceptors (Lipinski definition) is 5. The number of aromatic nitrogens is 1. The lowest BCUT2D eigenvalue weighted by molar-refractivity contribution is -0.138. The Balaban J connectivity index is 1.62. The largest absolute Gasteiger partial charge is 0.481 e. The zero-order valence-electron chi connectivity index (χ0n) is 19.0. The van der Waals surface area contributed by atoms with Gasteiger partial charge in [-0.05, 0) is 57.2 Å². The van der Waals surface area contributed by atoms with Gasteiger partial charge in [-0.3, -0.25) is 9.59 Å². The van der Waals surface area contributed by atoms with Gasteiger partial charge in [0.25, 0.3) is 5.91 Å². The maximum absolute atomic E-state index is 13.2. The third kappa shape index (κ3) is 5.84. The highest BCUT2D eigenvalue weighted by Crippen LogP contribution is 2.38. The molecule has 0 radical (unpaired) electrons. The van der Waals surface area contributed by atoms with Gasteiger partial charge in [-0.25, -0.2) is 4.98 Å². The predicted octanol–water partition coefficient (Wildman–Crippen LogP) is 4.66. The summed E-state index contributed by atoms with van der Waals surface area (Å²) in [6.45, 7) is 1.53. The van der Waals surface area contributed by atoms with Crippen LogP contribution in [0.15, 0.2) is 17.2 Å². The van der Waals surface area contributed by atoms with E-state index in [0.29, 0.717) is 17.4 Å². The minimum Gasteiger partial charge on any atom is -0.481 e. The van der Waals surface area contributed by atoms with Crippen molar-refractivity contribution in [3.05, 3.63) is 23.4 Å². The van der Waals surface area contributed by atoms with E-state index in [9.17, 15) is 14.7 Å². The Morgan fingerprint density at radius 2 is 1.78 bits per heavy atom. The Hall–Kier alpha value is -1.60. The summed E-state index contributed by atoms with van der Waals surface area (Å²) in [5, 5.41) is 17.5. The molecule has 0 bridgehead atoms. The summed E-state index contributed by atoms with van der Waals surface area (Å²) in [6, 6.07) is 4.07. The van der Waals surface area contributed by atoms with E-state index in [-0.39, 0.29) is 18.4 Å². The maximum atomic E-state index is 13.2. The van der Waals surface area contributed by atoms with Crippen molar-refractivity contribution in [1.82, 2.24) is 15.6 Å². The lowest BCUT2D eigenvalue weighted by atomic mass is 9.74. The average Bonchev–Trinajstić information content (AvgIpc) is 2.80. The molecule has 32 heavy (non-hydrogen) atoms. The Morgan fingerprint density at radius 1 is 1.06 bits per heavy atom.